The highest BCUT2D eigenvalue weighted by Crippen LogP contribution is 2.17. The van der Waals surface area contributed by atoms with Crippen LogP contribution in [0.15, 0.2) is 24.7 Å². The van der Waals surface area contributed by atoms with E-state index in [2.05, 4.69) is 19.8 Å². The second-order valence-corrected chi connectivity index (χ2v) is 7.19. The van der Waals surface area contributed by atoms with E-state index in [1.54, 1.807) is 30.2 Å². The molecule has 0 fully saturated rings. The Labute approximate surface area is 134 Å². The fraction of sp³-hybridized carbons (Fsp3) is 0.385. The normalized spacial score (nSPS) is 12.7. The molecule has 0 aliphatic heterocycles. The number of hydrogen-bond donors (Lipinski definition) is 1. The molecule has 0 aliphatic rings. The fourth-order valence-corrected chi connectivity index (χ4v) is 2.84. The standard InChI is InChI=1S/C13H18N6O3S/c1-9(12(20)18(2)3)23(21,22)17-13-14-6-5-11(16-13)10-7-15-19(4)8-10/h5-9H,1-4H3,(H,14,16,17)/t9-/m0/s1. The minimum absolute atomic E-state index is 0.0928. The zero-order valence-corrected chi connectivity index (χ0v) is 14.1. The molecule has 2 rings (SSSR count). The minimum Gasteiger partial charge on any atom is -0.348 e. The van der Waals surface area contributed by atoms with Gasteiger partial charge in [-0.25, -0.2) is 18.4 Å². The molecular formula is C13H18N6O3S. The minimum atomic E-state index is -3.94. The number of carbonyl (C=O) groups is 1. The molecule has 9 nitrogen and oxygen atoms in total. The lowest BCUT2D eigenvalue weighted by atomic mass is 10.2. The highest BCUT2D eigenvalue weighted by Gasteiger charge is 2.30. The van der Waals surface area contributed by atoms with E-state index < -0.39 is 21.2 Å². The molecule has 2 aromatic rings. The van der Waals surface area contributed by atoms with E-state index >= 15 is 0 Å². The van der Waals surface area contributed by atoms with Crippen molar-refractivity contribution >= 4 is 21.9 Å². The lowest BCUT2D eigenvalue weighted by molar-refractivity contribution is -0.127. The molecular weight excluding hydrogens is 320 g/mol. The molecule has 1 atom stereocenters. The molecule has 0 saturated carbocycles. The Morgan fingerprint density at radius 1 is 1.39 bits per heavy atom. The van der Waals surface area contributed by atoms with E-state index in [-0.39, 0.29) is 5.95 Å². The first-order valence-corrected chi connectivity index (χ1v) is 8.30. The first-order chi connectivity index (χ1) is 10.7. The number of hydrogen-bond acceptors (Lipinski definition) is 6. The van der Waals surface area contributed by atoms with Crippen molar-refractivity contribution < 1.29 is 13.2 Å². The van der Waals surface area contributed by atoms with Gasteiger partial charge in [-0.2, -0.15) is 5.10 Å². The summed E-state index contributed by atoms with van der Waals surface area (Å²) in [6.45, 7) is 1.32. The third-order valence-electron chi connectivity index (χ3n) is 3.14. The Hall–Kier alpha value is -2.49. The van der Waals surface area contributed by atoms with Gasteiger partial charge in [0.1, 0.15) is 0 Å². The van der Waals surface area contributed by atoms with Gasteiger partial charge in [-0.3, -0.25) is 14.2 Å². The molecule has 2 heterocycles. The van der Waals surface area contributed by atoms with Crippen molar-refractivity contribution in [3.8, 4) is 11.3 Å². The van der Waals surface area contributed by atoms with Gasteiger partial charge in [0, 0.05) is 39.1 Å². The molecule has 1 amide bonds. The molecule has 0 aliphatic carbocycles. The maximum atomic E-state index is 12.2. The van der Waals surface area contributed by atoms with Crippen molar-refractivity contribution in [1.82, 2.24) is 24.6 Å². The van der Waals surface area contributed by atoms with Crippen LogP contribution in [0.5, 0.6) is 0 Å². The summed E-state index contributed by atoms with van der Waals surface area (Å²) in [7, 11) is 0.816. The van der Waals surface area contributed by atoms with Crippen molar-refractivity contribution in [3.05, 3.63) is 24.7 Å². The van der Waals surface area contributed by atoms with Crippen LogP contribution in [-0.2, 0) is 21.9 Å². The Balaban J connectivity index is 2.25. The van der Waals surface area contributed by atoms with Crippen LogP contribution in [0.1, 0.15) is 6.92 Å². The number of carbonyl (C=O) groups excluding carboxylic acids is 1. The van der Waals surface area contributed by atoms with Crippen molar-refractivity contribution in [1.29, 1.82) is 0 Å². The first kappa shape index (κ1) is 16.9. The molecule has 1 N–H and O–H groups in total. The predicted octanol–water partition coefficient (Wildman–Crippen LogP) is 0.0955. The highest BCUT2D eigenvalue weighted by molar-refractivity contribution is 7.94. The number of rotatable bonds is 5. The second-order valence-electron chi connectivity index (χ2n) is 5.19. The summed E-state index contributed by atoms with van der Waals surface area (Å²) in [5.41, 5.74) is 1.25. The third-order valence-corrected chi connectivity index (χ3v) is 4.74. The molecule has 0 bridgehead atoms. The van der Waals surface area contributed by atoms with Crippen molar-refractivity contribution in [2.45, 2.75) is 12.2 Å². The molecule has 0 saturated heterocycles. The Morgan fingerprint density at radius 2 is 2.09 bits per heavy atom. The van der Waals surface area contributed by atoms with Gasteiger partial charge in [-0.15, -0.1) is 0 Å². The smallest absolute Gasteiger partial charge is 0.246 e. The number of amides is 1. The Bertz CT molecular complexity index is 815. The van der Waals surface area contributed by atoms with Gasteiger partial charge in [0.25, 0.3) is 0 Å². The fourth-order valence-electron chi connectivity index (χ4n) is 1.83. The van der Waals surface area contributed by atoms with Crippen LogP contribution in [0.4, 0.5) is 5.95 Å². The quantitative estimate of drug-likeness (QED) is 0.827. The van der Waals surface area contributed by atoms with E-state index in [9.17, 15) is 13.2 Å². The van der Waals surface area contributed by atoms with E-state index in [0.29, 0.717) is 5.69 Å². The monoisotopic (exact) mass is 338 g/mol. The molecule has 23 heavy (non-hydrogen) atoms. The molecule has 2 aromatic heterocycles. The summed E-state index contributed by atoms with van der Waals surface area (Å²) in [5, 5.41) is 2.79. The zero-order chi connectivity index (χ0) is 17.2. The number of nitrogens with one attached hydrogen (secondary N) is 1. The third kappa shape index (κ3) is 3.83. The van der Waals surface area contributed by atoms with E-state index in [0.717, 1.165) is 5.56 Å². The number of nitrogens with zero attached hydrogens (tertiary/aromatic N) is 5. The summed E-state index contributed by atoms with van der Waals surface area (Å²) in [4.78, 5) is 21.1. The van der Waals surface area contributed by atoms with Gasteiger partial charge in [-0.1, -0.05) is 0 Å². The van der Waals surface area contributed by atoms with Crippen LogP contribution in [-0.4, -0.2) is 58.3 Å². The number of aromatic nitrogens is 4. The molecule has 0 radical (unpaired) electrons. The summed E-state index contributed by atoms with van der Waals surface area (Å²) >= 11 is 0. The van der Waals surface area contributed by atoms with Crippen LogP contribution in [0.3, 0.4) is 0 Å². The van der Waals surface area contributed by atoms with Crippen LogP contribution in [0.2, 0.25) is 0 Å². The van der Waals surface area contributed by atoms with Crippen molar-refractivity contribution in [2.75, 3.05) is 18.8 Å². The Morgan fingerprint density at radius 3 is 2.65 bits per heavy atom. The maximum absolute atomic E-state index is 12.2. The highest BCUT2D eigenvalue weighted by atomic mass is 32.2. The summed E-state index contributed by atoms with van der Waals surface area (Å²) in [5.74, 6) is -0.620. The summed E-state index contributed by atoms with van der Waals surface area (Å²) < 4.78 is 28.3. The molecule has 0 unspecified atom stereocenters. The Kier molecular flexibility index (Phi) is 4.64. The summed E-state index contributed by atoms with van der Waals surface area (Å²) in [6, 6.07) is 1.64. The zero-order valence-electron chi connectivity index (χ0n) is 13.3. The van der Waals surface area contributed by atoms with Gasteiger partial charge in [0.2, 0.25) is 21.9 Å². The predicted molar refractivity (Wildman–Crippen MR) is 84.9 cm³/mol. The molecule has 10 heteroatoms. The van der Waals surface area contributed by atoms with Gasteiger partial charge in [-0.05, 0) is 13.0 Å². The van der Waals surface area contributed by atoms with E-state index in [4.69, 9.17) is 0 Å². The van der Waals surface area contributed by atoms with E-state index in [1.165, 1.54) is 32.1 Å². The van der Waals surface area contributed by atoms with Crippen LogP contribution in [0.25, 0.3) is 11.3 Å². The maximum Gasteiger partial charge on any atom is 0.246 e. The van der Waals surface area contributed by atoms with Crippen LogP contribution in [0, 0.1) is 0 Å². The van der Waals surface area contributed by atoms with Gasteiger partial charge >= 0.3 is 0 Å². The SMILES string of the molecule is C[C@@H](C(=O)N(C)C)S(=O)(=O)Nc1nccc(-c2cnn(C)c2)n1. The number of aryl methyl sites for hydroxylation is 1. The molecule has 0 spiro atoms. The van der Waals surface area contributed by atoms with E-state index in [1.807, 2.05) is 0 Å². The average Bonchev–Trinajstić information content (AvgIpc) is 2.92. The second kappa shape index (κ2) is 6.32. The average molecular weight is 338 g/mol. The topological polar surface area (TPSA) is 110 Å². The van der Waals surface area contributed by atoms with Gasteiger partial charge in [0.15, 0.2) is 5.25 Å². The lowest BCUT2D eigenvalue weighted by Crippen LogP contribution is -2.40. The van der Waals surface area contributed by atoms with Gasteiger partial charge in [0.05, 0.1) is 11.9 Å². The summed E-state index contributed by atoms with van der Waals surface area (Å²) in [6.07, 6.45) is 4.79. The lowest BCUT2D eigenvalue weighted by Gasteiger charge is -2.17. The van der Waals surface area contributed by atoms with Gasteiger partial charge < -0.3 is 4.90 Å². The first-order valence-electron chi connectivity index (χ1n) is 6.75. The van der Waals surface area contributed by atoms with Crippen LogP contribution < -0.4 is 4.72 Å². The van der Waals surface area contributed by atoms with Crippen molar-refractivity contribution in [2.24, 2.45) is 7.05 Å². The van der Waals surface area contributed by atoms with Crippen molar-refractivity contribution in [3.63, 3.8) is 0 Å². The van der Waals surface area contributed by atoms with Crippen LogP contribution >= 0.6 is 0 Å². The number of sulfonamides is 1. The largest absolute Gasteiger partial charge is 0.348 e. The molecule has 0 aromatic carbocycles. The number of anilines is 1. The molecule has 124 valence electrons.